The molecule has 0 spiro atoms. The Bertz CT molecular complexity index is 603. The quantitative estimate of drug-likeness (QED) is 0.865. The Morgan fingerprint density at radius 1 is 1.05 bits per heavy atom. The molecule has 20 heavy (non-hydrogen) atoms. The van der Waals surface area contributed by atoms with E-state index in [1.807, 2.05) is 20.8 Å². The molecule has 0 unspecified atom stereocenters. The summed E-state index contributed by atoms with van der Waals surface area (Å²) in [6.45, 7) is 7.88. The first-order valence-corrected chi connectivity index (χ1v) is 7.05. The molecule has 2 aromatic rings. The van der Waals surface area contributed by atoms with Crippen LogP contribution in [-0.2, 0) is 6.42 Å². The SMILES string of the molecule is CCCc1ccc(Nc2nc(C)c(O)c(C)c2C)cc1. The molecule has 2 N–H and O–H groups in total. The van der Waals surface area contributed by atoms with Crippen LogP contribution in [0, 0.1) is 20.8 Å². The van der Waals surface area contributed by atoms with Gasteiger partial charge < -0.3 is 10.4 Å². The van der Waals surface area contributed by atoms with Crippen molar-refractivity contribution >= 4 is 11.5 Å². The number of rotatable bonds is 4. The Hall–Kier alpha value is -2.03. The Labute approximate surface area is 120 Å². The zero-order valence-electron chi connectivity index (χ0n) is 12.6. The maximum Gasteiger partial charge on any atom is 0.140 e. The van der Waals surface area contributed by atoms with Gasteiger partial charge in [-0.25, -0.2) is 4.98 Å². The highest BCUT2D eigenvalue weighted by Gasteiger charge is 2.10. The number of anilines is 2. The standard InChI is InChI=1S/C17H22N2O/c1-5-6-14-7-9-15(10-8-14)19-17-12(3)11(2)16(20)13(4)18-17/h7-10,20H,5-6H2,1-4H3,(H,18,19). The van der Waals surface area contributed by atoms with Crippen LogP contribution in [0.15, 0.2) is 24.3 Å². The molecule has 0 saturated carbocycles. The topological polar surface area (TPSA) is 45.2 Å². The number of nitrogens with one attached hydrogen (secondary N) is 1. The maximum absolute atomic E-state index is 9.88. The second-order valence-electron chi connectivity index (χ2n) is 5.22. The van der Waals surface area contributed by atoms with Crippen LogP contribution in [0.4, 0.5) is 11.5 Å². The van der Waals surface area contributed by atoms with Gasteiger partial charge in [0, 0.05) is 5.69 Å². The van der Waals surface area contributed by atoms with Crippen molar-refractivity contribution in [2.75, 3.05) is 5.32 Å². The van der Waals surface area contributed by atoms with Gasteiger partial charge in [-0.05, 0) is 56.0 Å². The fraction of sp³-hybridized carbons (Fsp3) is 0.353. The number of nitrogens with zero attached hydrogens (tertiary/aromatic N) is 1. The third-order valence-corrected chi connectivity index (χ3v) is 3.65. The number of hydrogen-bond donors (Lipinski definition) is 2. The molecule has 1 aromatic carbocycles. The number of aromatic nitrogens is 1. The highest BCUT2D eigenvalue weighted by atomic mass is 16.3. The van der Waals surface area contributed by atoms with E-state index in [4.69, 9.17) is 0 Å². The largest absolute Gasteiger partial charge is 0.506 e. The summed E-state index contributed by atoms with van der Waals surface area (Å²) in [6, 6.07) is 8.43. The van der Waals surface area contributed by atoms with E-state index in [9.17, 15) is 5.11 Å². The zero-order valence-corrected chi connectivity index (χ0v) is 12.6. The second kappa shape index (κ2) is 5.95. The first kappa shape index (κ1) is 14.4. The van der Waals surface area contributed by atoms with Gasteiger partial charge in [0.15, 0.2) is 0 Å². The molecule has 0 aliphatic carbocycles. The average molecular weight is 270 g/mol. The van der Waals surface area contributed by atoms with Crippen molar-refractivity contribution in [3.63, 3.8) is 0 Å². The minimum atomic E-state index is 0.284. The van der Waals surface area contributed by atoms with Gasteiger partial charge in [-0.1, -0.05) is 25.5 Å². The van der Waals surface area contributed by atoms with E-state index >= 15 is 0 Å². The van der Waals surface area contributed by atoms with Crippen LogP contribution in [0.5, 0.6) is 5.75 Å². The fourth-order valence-electron chi connectivity index (χ4n) is 2.23. The van der Waals surface area contributed by atoms with E-state index in [1.54, 1.807) is 0 Å². The van der Waals surface area contributed by atoms with E-state index in [1.165, 1.54) is 5.56 Å². The van der Waals surface area contributed by atoms with Crippen LogP contribution in [0.1, 0.15) is 35.7 Å². The molecule has 1 aromatic heterocycles. The normalized spacial score (nSPS) is 10.6. The summed E-state index contributed by atoms with van der Waals surface area (Å²) in [6.07, 6.45) is 2.26. The molecular weight excluding hydrogens is 248 g/mol. The smallest absolute Gasteiger partial charge is 0.140 e. The van der Waals surface area contributed by atoms with Crippen molar-refractivity contribution in [1.29, 1.82) is 0 Å². The molecule has 0 saturated heterocycles. The first-order valence-electron chi connectivity index (χ1n) is 7.05. The molecule has 0 fully saturated rings. The lowest BCUT2D eigenvalue weighted by molar-refractivity contribution is 0.463. The summed E-state index contributed by atoms with van der Waals surface area (Å²) in [5, 5.41) is 13.2. The number of benzene rings is 1. The molecule has 0 aliphatic heterocycles. The molecule has 106 valence electrons. The molecular formula is C17H22N2O. The summed E-state index contributed by atoms with van der Waals surface area (Å²) in [5.74, 6) is 1.09. The average Bonchev–Trinajstić information content (AvgIpc) is 2.45. The van der Waals surface area contributed by atoms with Gasteiger partial charge in [0.1, 0.15) is 11.6 Å². The molecule has 0 aliphatic rings. The molecule has 3 heteroatoms. The Morgan fingerprint density at radius 3 is 2.30 bits per heavy atom. The van der Waals surface area contributed by atoms with Gasteiger partial charge in [-0.3, -0.25) is 0 Å². The lowest BCUT2D eigenvalue weighted by Crippen LogP contribution is -2.01. The van der Waals surface area contributed by atoms with Gasteiger partial charge in [-0.15, -0.1) is 0 Å². The third kappa shape index (κ3) is 2.93. The number of pyridine rings is 1. The molecule has 2 rings (SSSR count). The van der Waals surface area contributed by atoms with Gasteiger partial charge in [0.05, 0.1) is 5.69 Å². The third-order valence-electron chi connectivity index (χ3n) is 3.65. The van der Waals surface area contributed by atoms with Crippen molar-refractivity contribution < 1.29 is 5.11 Å². The van der Waals surface area contributed by atoms with Crippen LogP contribution in [-0.4, -0.2) is 10.1 Å². The molecule has 3 nitrogen and oxygen atoms in total. The van der Waals surface area contributed by atoms with E-state index in [0.717, 1.165) is 35.5 Å². The van der Waals surface area contributed by atoms with Crippen molar-refractivity contribution in [3.8, 4) is 5.75 Å². The van der Waals surface area contributed by atoms with E-state index in [2.05, 4.69) is 41.5 Å². The fourth-order valence-corrected chi connectivity index (χ4v) is 2.23. The summed E-state index contributed by atoms with van der Waals surface area (Å²) in [7, 11) is 0. The Morgan fingerprint density at radius 2 is 1.70 bits per heavy atom. The molecule has 1 heterocycles. The van der Waals surface area contributed by atoms with Crippen molar-refractivity contribution in [2.24, 2.45) is 0 Å². The summed E-state index contributed by atoms with van der Waals surface area (Å²) >= 11 is 0. The maximum atomic E-state index is 9.88. The summed E-state index contributed by atoms with van der Waals surface area (Å²) in [5.41, 5.74) is 4.87. The molecule has 0 atom stereocenters. The number of aromatic hydroxyl groups is 1. The van der Waals surface area contributed by atoms with Crippen LogP contribution >= 0.6 is 0 Å². The van der Waals surface area contributed by atoms with E-state index < -0.39 is 0 Å². The van der Waals surface area contributed by atoms with Gasteiger partial charge >= 0.3 is 0 Å². The minimum absolute atomic E-state index is 0.284. The van der Waals surface area contributed by atoms with Crippen molar-refractivity contribution in [1.82, 2.24) is 4.98 Å². The minimum Gasteiger partial charge on any atom is -0.506 e. The van der Waals surface area contributed by atoms with Crippen molar-refractivity contribution in [3.05, 3.63) is 46.6 Å². The Kier molecular flexibility index (Phi) is 4.28. The van der Waals surface area contributed by atoms with E-state index in [0.29, 0.717) is 5.69 Å². The predicted octanol–water partition coefficient (Wildman–Crippen LogP) is 4.41. The number of hydrogen-bond acceptors (Lipinski definition) is 3. The molecule has 0 radical (unpaired) electrons. The van der Waals surface area contributed by atoms with Crippen LogP contribution in [0.2, 0.25) is 0 Å². The first-order chi connectivity index (χ1) is 9.52. The van der Waals surface area contributed by atoms with Crippen LogP contribution in [0.3, 0.4) is 0 Å². The summed E-state index contributed by atoms with van der Waals surface area (Å²) < 4.78 is 0. The highest BCUT2D eigenvalue weighted by molar-refractivity contribution is 5.63. The van der Waals surface area contributed by atoms with Gasteiger partial charge in [0.25, 0.3) is 0 Å². The lowest BCUT2D eigenvalue weighted by Gasteiger charge is -2.14. The van der Waals surface area contributed by atoms with Crippen molar-refractivity contribution in [2.45, 2.75) is 40.5 Å². The van der Waals surface area contributed by atoms with Gasteiger partial charge in [0.2, 0.25) is 0 Å². The van der Waals surface area contributed by atoms with E-state index in [-0.39, 0.29) is 5.75 Å². The lowest BCUT2D eigenvalue weighted by atomic mass is 10.1. The second-order valence-corrected chi connectivity index (χ2v) is 5.22. The molecule has 0 bridgehead atoms. The summed E-state index contributed by atoms with van der Waals surface area (Å²) in [4.78, 5) is 4.43. The van der Waals surface area contributed by atoms with Gasteiger partial charge in [-0.2, -0.15) is 0 Å². The number of aryl methyl sites for hydroxylation is 2. The van der Waals surface area contributed by atoms with Crippen LogP contribution < -0.4 is 5.32 Å². The monoisotopic (exact) mass is 270 g/mol. The van der Waals surface area contributed by atoms with Crippen LogP contribution in [0.25, 0.3) is 0 Å². The highest BCUT2D eigenvalue weighted by Crippen LogP contribution is 2.29. The predicted molar refractivity (Wildman–Crippen MR) is 83.8 cm³/mol. The molecule has 0 amide bonds. The zero-order chi connectivity index (χ0) is 14.7. The Balaban J connectivity index is 2.26.